The predicted molar refractivity (Wildman–Crippen MR) is 88.9 cm³/mol. The van der Waals surface area contributed by atoms with Crippen molar-refractivity contribution in [2.24, 2.45) is 0 Å². The number of oxazole rings is 1. The molecule has 1 amide bonds. The molecule has 0 bridgehead atoms. The Balaban J connectivity index is 1.63. The van der Waals surface area contributed by atoms with Gasteiger partial charge in [0.05, 0.1) is 12.7 Å². The summed E-state index contributed by atoms with van der Waals surface area (Å²) < 4.78 is 5.69. The smallest absolute Gasteiger partial charge is 0.220 e. The highest BCUT2D eigenvalue weighted by atomic mass is 16.4. The van der Waals surface area contributed by atoms with Crippen molar-refractivity contribution >= 4 is 5.91 Å². The van der Waals surface area contributed by atoms with Crippen LogP contribution in [0.1, 0.15) is 51.2 Å². The molecule has 1 aliphatic heterocycles. The number of hydrogen-bond donors (Lipinski definition) is 0. The zero-order valence-corrected chi connectivity index (χ0v) is 14.2. The van der Waals surface area contributed by atoms with Crippen molar-refractivity contribution in [2.75, 3.05) is 13.1 Å². The Bertz CT molecular complexity index is 566. The highest BCUT2D eigenvalue weighted by Crippen LogP contribution is 2.24. The quantitative estimate of drug-likeness (QED) is 0.784. The number of amides is 1. The number of rotatable bonds is 5. The summed E-state index contributed by atoms with van der Waals surface area (Å²) in [5, 5.41) is 0. The summed E-state index contributed by atoms with van der Waals surface area (Å²) in [7, 11) is 0. The molecule has 1 saturated heterocycles. The van der Waals surface area contributed by atoms with Gasteiger partial charge in [-0.05, 0) is 25.7 Å². The van der Waals surface area contributed by atoms with Gasteiger partial charge in [0.1, 0.15) is 5.76 Å². The summed E-state index contributed by atoms with van der Waals surface area (Å²) in [5.41, 5.74) is 0. The van der Waals surface area contributed by atoms with Crippen molar-refractivity contribution in [1.29, 1.82) is 0 Å². The molecule has 2 unspecified atom stereocenters. The van der Waals surface area contributed by atoms with Crippen LogP contribution in [0.3, 0.4) is 0 Å². The van der Waals surface area contributed by atoms with Crippen LogP contribution in [0.25, 0.3) is 0 Å². The second-order valence-corrected chi connectivity index (χ2v) is 6.58. The van der Waals surface area contributed by atoms with Crippen LogP contribution < -0.4 is 0 Å². The third-order valence-electron chi connectivity index (χ3n) is 4.99. The number of carbonyl (C=O) groups is 1. The molecule has 0 aromatic carbocycles. The molecule has 2 atom stereocenters. The molecule has 0 radical (unpaired) electrons. The summed E-state index contributed by atoms with van der Waals surface area (Å²) >= 11 is 0. The number of carbonyl (C=O) groups excluding carboxylic acids is 1. The predicted octanol–water partition coefficient (Wildman–Crippen LogP) is 2.77. The summed E-state index contributed by atoms with van der Waals surface area (Å²) in [6.07, 6.45) is 12.0. The third-order valence-corrected chi connectivity index (χ3v) is 4.99. The van der Waals surface area contributed by atoms with Gasteiger partial charge in [0.2, 0.25) is 11.8 Å². The lowest BCUT2D eigenvalue weighted by Crippen LogP contribution is -2.42. The Morgan fingerprint density at radius 1 is 1.48 bits per heavy atom. The molecular formula is C18H27N3O2. The summed E-state index contributed by atoms with van der Waals surface area (Å²) in [5.74, 6) is 1.63. The molecular weight excluding hydrogens is 290 g/mol. The zero-order chi connectivity index (χ0) is 16.2. The molecule has 1 aliphatic carbocycles. The molecule has 3 rings (SSSR count). The van der Waals surface area contributed by atoms with Gasteiger partial charge in [0.25, 0.3) is 0 Å². The Morgan fingerprint density at radius 3 is 3.00 bits per heavy atom. The second-order valence-electron chi connectivity index (χ2n) is 6.58. The van der Waals surface area contributed by atoms with Crippen LogP contribution in [0.2, 0.25) is 0 Å². The van der Waals surface area contributed by atoms with E-state index in [1.807, 2.05) is 11.8 Å². The van der Waals surface area contributed by atoms with Gasteiger partial charge in [0, 0.05) is 38.5 Å². The average molecular weight is 317 g/mol. The first-order chi connectivity index (χ1) is 11.2. The number of aryl methyl sites for hydroxylation is 1. The summed E-state index contributed by atoms with van der Waals surface area (Å²) in [4.78, 5) is 20.9. The van der Waals surface area contributed by atoms with E-state index in [-0.39, 0.29) is 11.9 Å². The highest BCUT2D eigenvalue weighted by Gasteiger charge is 2.33. The topological polar surface area (TPSA) is 49.6 Å². The highest BCUT2D eigenvalue weighted by molar-refractivity contribution is 5.73. The maximum Gasteiger partial charge on any atom is 0.220 e. The monoisotopic (exact) mass is 317 g/mol. The number of hydrogen-bond acceptors (Lipinski definition) is 4. The number of likely N-dealkylation sites (tertiary alicyclic amines) is 1. The fraction of sp³-hybridized carbons (Fsp3) is 0.667. The van der Waals surface area contributed by atoms with Crippen LogP contribution >= 0.6 is 0 Å². The standard InChI is InChI=1S/C18H27N3O2/c1-3-17-11-19-18(23-17)13-21(14(2)22)16-9-10-20(12-16)15-7-5-4-6-8-15/h5,7,11,15-16H,3-4,6,8-10,12-13H2,1-2H3. The normalized spacial score (nSPS) is 25.0. The van der Waals surface area contributed by atoms with Crippen LogP contribution in [0.4, 0.5) is 0 Å². The summed E-state index contributed by atoms with van der Waals surface area (Å²) in [6.45, 7) is 6.19. The lowest BCUT2D eigenvalue weighted by molar-refractivity contribution is -0.132. The Hall–Kier alpha value is -1.62. The molecule has 126 valence electrons. The van der Waals surface area contributed by atoms with E-state index in [0.29, 0.717) is 18.5 Å². The maximum absolute atomic E-state index is 12.1. The van der Waals surface area contributed by atoms with E-state index in [2.05, 4.69) is 22.0 Å². The number of allylic oxidation sites excluding steroid dienone is 1. The number of nitrogens with zero attached hydrogens (tertiary/aromatic N) is 3. The van der Waals surface area contributed by atoms with Crippen molar-refractivity contribution in [3.8, 4) is 0 Å². The minimum atomic E-state index is 0.104. The summed E-state index contributed by atoms with van der Waals surface area (Å²) in [6, 6.07) is 0.816. The molecule has 1 aromatic heterocycles. The first-order valence-corrected chi connectivity index (χ1v) is 8.79. The van der Waals surface area contributed by atoms with Gasteiger partial charge < -0.3 is 9.32 Å². The Kier molecular flexibility index (Phi) is 5.16. The molecule has 2 aliphatic rings. The van der Waals surface area contributed by atoms with E-state index in [4.69, 9.17) is 4.42 Å². The SMILES string of the molecule is CCc1cnc(CN(C(C)=O)C2CCN(C3C=CCCC3)C2)o1. The maximum atomic E-state index is 12.1. The van der Waals surface area contributed by atoms with Crippen molar-refractivity contribution < 1.29 is 9.21 Å². The first kappa shape index (κ1) is 16.2. The van der Waals surface area contributed by atoms with Crippen LogP contribution in [0, 0.1) is 0 Å². The molecule has 0 saturated carbocycles. The third kappa shape index (κ3) is 3.83. The molecule has 5 heteroatoms. The van der Waals surface area contributed by atoms with Crippen LogP contribution in [-0.2, 0) is 17.8 Å². The molecule has 0 spiro atoms. The zero-order valence-electron chi connectivity index (χ0n) is 14.2. The van der Waals surface area contributed by atoms with E-state index >= 15 is 0 Å². The van der Waals surface area contributed by atoms with Gasteiger partial charge in [0.15, 0.2) is 0 Å². The van der Waals surface area contributed by atoms with Crippen molar-refractivity contribution in [2.45, 2.75) is 64.6 Å². The van der Waals surface area contributed by atoms with Crippen LogP contribution in [0.5, 0.6) is 0 Å². The fourth-order valence-corrected chi connectivity index (χ4v) is 3.65. The molecule has 2 heterocycles. The average Bonchev–Trinajstić information content (AvgIpc) is 3.22. The molecule has 5 nitrogen and oxygen atoms in total. The lowest BCUT2D eigenvalue weighted by atomic mass is 10.0. The van der Waals surface area contributed by atoms with E-state index in [1.54, 1.807) is 13.1 Å². The van der Waals surface area contributed by atoms with Crippen LogP contribution in [0.15, 0.2) is 22.8 Å². The van der Waals surface area contributed by atoms with Gasteiger partial charge in [-0.25, -0.2) is 4.98 Å². The molecule has 0 N–H and O–H groups in total. The minimum Gasteiger partial charge on any atom is -0.444 e. The molecule has 23 heavy (non-hydrogen) atoms. The van der Waals surface area contributed by atoms with E-state index in [1.165, 1.54) is 19.3 Å². The first-order valence-electron chi connectivity index (χ1n) is 8.79. The Morgan fingerprint density at radius 2 is 2.35 bits per heavy atom. The fourth-order valence-electron chi connectivity index (χ4n) is 3.65. The van der Waals surface area contributed by atoms with E-state index in [9.17, 15) is 4.79 Å². The van der Waals surface area contributed by atoms with Gasteiger partial charge in [-0.2, -0.15) is 0 Å². The number of aromatic nitrogens is 1. The lowest BCUT2D eigenvalue weighted by Gasteiger charge is -2.30. The van der Waals surface area contributed by atoms with Gasteiger partial charge in [-0.1, -0.05) is 19.1 Å². The largest absolute Gasteiger partial charge is 0.444 e. The van der Waals surface area contributed by atoms with Crippen molar-refractivity contribution in [3.63, 3.8) is 0 Å². The van der Waals surface area contributed by atoms with Crippen molar-refractivity contribution in [1.82, 2.24) is 14.8 Å². The van der Waals surface area contributed by atoms with Crippen LogP contribution in [-0.4, -0.2) is 45.9 Å². The van der Waals surface area contributed by atoms with Crippen molar-refractivity contribution in [3.05, 3.63) is 30.0 Å². The van der Waals surface area contributed by atoms with E-state index in [0.717, 1.165) is 31.7 Å². The molecule has 1 fully saturated rings. The minimum absolute atomic E-state index is 0.104. The molecule has 1 aromatic rings. The van der Waals surface area contributed by atoms with E-state index < -0.39 is 0 Å². The second kappa shape index (κ2) is 7.30. The van der Waals surface area contributed by atoms with Gasteiger partial charge >= 0.3 is 0 Å². The van der Waals surface area contributed by atoms with Gasteiger partial charge in [-0.3, -0.25) is 9.69 Å². The van der Waals surface area contributed by atoms with Gasteiger partial charge in [-0.15, -0.1) is 0 Å². The Labute approximate surface area is 138 Å².